The lowest BCUT2D eigenvalue weighted by atomic mass is 10.2. The van der Waals surface area contributed by atoms with Crippen LogP contribution in [-0.2, 0) is 4.79 Å². The molecule has 0 radical (unpaired) electrons. The number of carboxylic acid groups (broad SMARTS) is 1. The minimum atomic E-state index is -0.925. The van der Waals surface area contributed by atoms with Gasteiger partial charge in [0.2, 0.25) is 0 Å². The molecule has 0 aliphatic carbocycles. The van der Waals surface area contributed by atoms with Crippen LogP contribution in [0.25, 0.3) is 0 Å². The highest BCUT2D eigenvalue weighted by molar-refractivity contribution is 9.10. The number of benzene rings is 1. The third-order valence-corrected chi connectivity index (χ3v) is 3.97. The van der Waals surface area contributed by atoms with Gasteiger partial charge in [0.05, 0.1) is 10.9 Å². The fourth-order valence-electron chi connectivity index (χ4n) is 1.54. The summed E-state index contributed by atoms with van der Waals surface area (Å²) in [5, 5.41) is 12.1. The molecule has 110 valence electrons. The SMILES string of the molecule is CCN(CC(C)C(=O)O)C(=O)Nc1ccc(Cl)c(Br)c1. The summed E-state index contributed by atoms with van der Waals surface area (Å²) in [6.07, 6.45) is 0. The normalized spacial score (nSPS) is 11.8. The molecule has 2 N–H and O–H groups in total. The number of rotatable bonds is 5. The standard InChI is InChI=1S/C13H16BrClN2O3/c1-3-17(7-8(2)12(18)19)13(20)16-9-4-5-11(15)10(14)6-9/h4-6,8H,3,7H2,1-2H3,(H,16,20)(H,18,19). The van der Waals surface area contributed by atoms with E-state index in [-0.39, 0.29) is 12.6 Å². The molecule has 7 heteroatoms. The predicted octanol–water partition coefficient (Wildman–Crippen LogP) is 3.68. The smallest absolute Gasteiger partial charge is 0.321 e. The molecule has 2 amide bonds. The van der Waals surface area contributed by atoms with E-state index in [0.29, 0.717) is 21.7 Å². The number of nitrogens with one attached hydrogen (secondary N) is 1. The largest absolute Gasteiger partial charge is 0.481 e. The molecule has 5 nitrogen and oxygen atoms in total. The Labute approximate surface area is 131 Å². The van der Waals surface area contributed by atoms with Crippen molar-refractivity contribution in [1.82, 2.24) is 4.90 Å². The molecule has 0 saturated heterocycles. The van der Waals surface area contributed by atoms with E-state index in [2.05, 4.69) is 21.2 Å². The molecule has 0 spiro atoms. The highest BCUT2D eigenvalue weighted by Gasteiger charge is 2.19. The monoisotopic (exact) mass is 362 g/mol. The van der Waals surface area contributed by atoms with Gasteiger partial charge in [-0.15, -0.1) is 0 Å². The molecule has 1 atom stereocenters. The molecule has 0 fully saturated rings. The molecule has 1 unspecified atom stereocenters. The zero-order valence-corrected chi connectivity index (χ0v) is 13.5. The maximum absolute atomic E-state index is 12.1. The predicted molar refractivity (Wildman–Crippen MR) is 82.2 cm³/mol. The van der Waals surface area contributed by atoms with Crippen LogP contribution in [-0.4, -0.2) is 35.1 Å². The lowest BCUT2D eigenvalue weighted by Gasteiger charge is -2.23. The van der Waals surface area contributed by atoms with Crippen molar-refractivity contribution in [2.45, 2.75) is 13.8 Å². The van der Waals surface area contributed by atoms with E-state index >= 15 is 0 Å². The summed E-state index contributed by atoms with van der Waals surface area (Å²) in [5.41, 5.74) is 0.590. The summed E-state index contributed by atoms with van der Waals surface area (Å²) in [4.78, 5) is 24.4. The average Bonchev–Trinajstić information content (AvgIpc) is 2.39. The van der Waals surface area contributed by atoms with E-state index in [0.717, 1.165) is 0 Å². The van der Waals surface area contributed by atoms with Crippen LogP contribution < -0.4 is 5.32 Å². The quantitative estimate of drug-likeness (QED) is 0.838. The number of amides is 2. The zero-order chi connectivity index (χ0) is 15.3. The Morgan fingerprint density at radius 3 is 2.65 bits per heavy atom. The van der Waals surface area contributed by atoms with E-state index in [1.165, 1.54) is 4.90 Å². The van der Waals surface area contributed by atoms with Crippen molar-refractivity contribution in [2.24, 2.45) is 5.92 Å². The van der Waals surface area contributed by atoms with Gasteiger partial charge in [0, 0.05) is 23.2 Å². The number of aliphatic carboxylic acids is 1. The van der Waals surface area contributed by atoms with Gasteiger partial charge in [0.15, 0.2) is 0 Å². The van der Waals surface area contributed by atoms with Gasteiger partial charge in [-0.2, -0.15) is 0 Å². The number of halogens is 2. The van der Waals surface area contributed by atoms with Gasteiger partial charge >= 0.3 is 12.0 Å². The molecule has 1 aromatic carbocycles. The van der Waals surface area contributed by atoms with Gasteiger partial charge in [-0.05, 0) is 41.1 Å². The highest BCUT2D eigenvalue weighted by atomic mass is 79.9. The van der Waals surface area contributed by atoms with Crippen LogP contribution in [0, 0.1) is 5.92 Å². The van der Waals surface area contributed by atoms with Gasteiger partial charge in [-0.25, -0.2) is 4.79 Å². The molecule has 0 bridgehead atoms. The maximum Gasteiger partial charge on any atom is 0.321 e. The van der Waals surface area contributed by atoms with Gasteiger partial charge in [-0.3, -0.25) is 4.79 Å². The van der Waals surface area contributed by atoms with Crippen LogP contribution >= 0.6 is 27.5 Å². The summed E-state index contributed by atoms with van der Waals surface area (Å²) in [6.45, 7) is 3.95. The third kappa shape index (κ3) is 4.68. The van der Waals surface area contributed by atoms with Crippen LogP contribution in [0.2, 0.25) is 5.02 Å². The summed E-state index contributed by atoms with van der Waals surface area (Å²) < 4.78 is 0.680. The van der Waals surface area contributed by atoms with Crippen molar-refractivity contribution in [3.05, 3.63) is 27.7 Å². The molecular weight excluding hydrogens is 348 g/mol. The second-order valence-electron chi connectivity index (χ2n) is 4.34. The van der Waals surface area contributed by atoms with Crippen molar-refractivity contribution in [3.8, 4) is 0 Å². The number of nitrogens with zero attached hydrogens (tertiary/aromatic N) is 1. The van der Waals surface area contributed by atoms with E-state index in [1.807, 2.05) is 0 Å². The van der Waals surface area contributed by atoms with Crippen LogP contribution in [0.3, 0.4) is 0 Å². The minimum Gasteiger partial charge on any atom is -0.481 e. The molecule has 0 aliphatic rings. The first-order chi connectivity index (χ1) is 9.35. The van der Waals surface area contributed by atoms with Crippen LogP contribution in [0.4, 0.5) is 10.5 Å². The number of carbonyl (C=O) groups excluding carboxylic acids is 1. The van der Waals surface area contributed by atoms with E-state index in [9.17, 15) is 9.59 Å². The van der Waals surface area contributed by atoms with Gasteiger partial charge < -0.3 is 15.3 Å². The molecule has 1 rings (SSSR count). The third-order valence-electron chi connectivity index (χ3n) is 2.76. The van der Waals surface area contributed by atoms with Crippen LogP contribution in [0.15, 0.2) is 22.7 Å². The Kier molecular flexibility index (Phi) is 6.29. The van der Waals surface area contributed by atoms with Crippen LogP contribution in [0.1, 0.15) is 13.8 Å². The average molecular weight is 364 g/mol. The Bertz CT molecular complexity index is 510. The first-order valence-corrected chi connectivity index (χ1v) is 7.26. The summed E-state index contributed by atoms with van der Waals surface area (Å²) in [5.74, 6) is -1.54. The molecule has 20 heavy (non-hydrogen) atoms. The van der Waals surface area contributed by atoms with Crippen molar-refractivity contribution in [1.29, 1.82) is 0 Å². The number of anilines is 1. The number of urea groups is 1. The molecule has 0 aliphatic heterocycles. The lowest BCUT2D eigenvalue weighted by molar-refractivity contribution is -0.141. The van der Waals surface area contributed by atoms with E-state index in [1.54, 1.807) is 32.0 Å². The minimum absolute atomic E-state index is 0.159. The summed E-state index contributed by atoms with van der Waals surface area (Å²) >= 11 is 9.15. The number of carbonyl (C=O) groups is 2. The van der Waals surface area contributed by atoms with Crippen molar-refractivity contribution < 1.29 is 14.7 Å². The number of hydrogen-bond donors (Lipinski definition) is 2. The Morgan fingerprint density at radius 2 is 2.15 bits per heavy atom. The fraction of sp³-hybridized carbons (Fsp3) is 0.385. The Hall–Kier alpha value is -1.27. The number of hydrogen-bond acceptors (Lipinski definition) is 2. The highest BCUT2D eigenvalue weighted by Crippen LogP contribution is 2.25. The van der Waals surface area contributed by atoms with Crippen molar-refractivity contribution in [3.63, 3.8) is 0 Å². The second kappa shape index (κ2) is 7.50. The zero-order valence-electron chi connectivity index (χ0n) is 11.2. The summed E-state index contributed by atoms with van der Waals surface area (Å²) in [7, 11) is 0. The fourth-order valence-corrected chi connectivity index (χ4v) is 2.04. The second-order valence-corrected chi connectivity index (χ2v) is 5.60. The van der Waals surface area contributed by atoms with Gasteiger partial charge in [0.25, 0.3) is 0 Å². The number of carboxylic acids is 1. The Morgan fingerprint density at radius 1 is 1.50 bits per heavy atom. The van der Waals surface area contributed by atoms with Gasteiger partial charge in [0.1, 0.15) is 0 Å². The molecule has 0 heterocycles. The van der Waals surface area contributed by atoms with E-state index < -0.39 is 11.9 Å². The summed E-state index contributed by atoms with van der Waals surface area (Å²) in [6, 6.07) is 4.70. The van der Waals surface area contributed by atoms with Crippen molar-refractivity contribution in [2.75, 3.05) is 18.4 Å². The molecule has 0 saturated carbocycles. The van der Waals surface area contributed by atoms with Crippen molar-refractivity contribution >= 4 is 45.2 Å². The first-order valence-electron chi connectivity index (χ1n) is 6.09. The van der Waals surface area contributed by atoms with E-state index in [4.69, 9.17) is 16.7 Å². The lowest BCUT2D eigenvalue weighted by Crippen LogP contribution is -2.39. The molecule has 1 aromatic rings. The first kappa shape index (κ1) is 16.8. The maximum atomic E-state index is 12.1. The van der Waals surface area contributed by atoms with Crippen LogP contribution in [0.5, 0.6) is 0 Å². The molecular formula is C13H16BrClN2O3. The van der Waals surface area contributed by atoms with Gasteiger partial charge in [-0.1, -0.05) is 18.5 Å². The molecule has 0 aromatic heterocycles. The topological polar surface area (TPSA) is 69.6 Å². The Balaban J connectivity index is 2.72.